The summed E-state index contributed by atoms with van der Waals surface area (Å²) >= 11 is 3.03. The first-order chi connectivity index (χ1) is 11.5. The van der Waals surface area contributed by atoms with Gasteiger partial charge in [0.05, 0.1) is 10.6 Å². The predicted molar refractivity (Wildman–Crippen MR) is 92.6 cm³/mol. The summed E-state index contributed by atoms with van der Waals surface area (Å²) in [4.78, 5) is 14.6. The van der Waals surface area contributed by atoms with Crippen molar-refractivity contribution < 1.29 is 15.1 Å². The first-order valence-electron chi connectivity index (χ1n) is 6.87. The summed E-state index contributed by atoms with van der Waals surface area (Å²) in [5, 5.41) is 33.6. The summed E-state index contributed by atoms with van der Waals surface area (Å²) in [6.07, 6.45) is 3.03. The van der Waals surface area contributed by atoms with Gasteiger partial charge in [-0.1, -0.05) is 46.0 Å². The van der Waals surface area contributed by atoms with Crippen LogP contribution in [0.1, 0.15) is 11.3 Å². The van der Waals surface area contributed by atoms with Crippen molar-refractivity contribution in [3.8, 4) is 11.5 Å². The largest absolute Gasteiger partial charge is 0.871 e. The zero-order valence-corrected chi connectivity index (χ0v) is 13.7. The quantitative estimate of drug-likeness (QED) is 0.544. The number of nitrogens with zero attached hydrogens (tertiary/aromatic N) is 2. The fraction of sp³-hybridized carbons (Fsp3) is 0. The van der Waals surface area contributed by atoms with Gasteiger partial charge in [-0.3, -0.25) is 10.1 Å². The average Bonchev–Trinajstić information content (AvgIpc) is 2.56. The Balaban J connectivity index is 2.02. The fourth-order valence-corrected chi connectivity index (χ4v) is 2.71. The number of nitro groups is 1. The summed E-state index contributed by atoms with van der Waals surface area (Å²) in [7, 11) is 0. The molecule has 1 N–H and O–H groups in total. The number of hydrogen-bond donors (Lipinski definition) is 1. The number of benzene rings is 2. The van der Waals surface area contributed by atoms with Crippen LogP contribution in [0.4, 0.5) is 5.69 Å². The summed E-state index contributed by atoms with van der Waals surface area (Å²) in [5.41, 5.74) is 0.966. The van der Waals surface area contributed by atoms with Crippen LogP contribution in [-0.4, -0.2) is 15.0 Å². The Morgan fingerprint density at radius 2 is 1.96 bits per heavy atom. The van der Waals surface area contributed by atoms with E-state index in [1.807, 2.05) is 6.07 Å². The molecule has 0 bridgehead atoms. The van der Waals surface area contributed by atoms with Crippen LogP contribution in [0.25, 0.3) is 23.1 Å². The van der Waals surface area contributed by atoms with Crippen molar-refractivity contribution >= 4 is 44.7 Å². The third-order valence-corrected chi connectivity index (χ3v) is 4.01. The molecule has 6 nitrogen and oxygen atoms in total. The van der Waals surface area contributed by atoms with E-state index in [0.29, 0.717) is 11.2 Å². The number of nitro benzene ring substituents is 1. The Kier molecular flexibility index (Phi) is 4.18. The molecule has 0 spiro atoms. The molecule has 0 saturated heterocycles. The van der Waals surface area contributed by atoms with Gasteiger partial charge in [0.15, 0.2) is 0 Å². The number of phenolic OH excluding ortho intramolecular Hbond substituents is 1. The van der Waals surface area contributed by atoms with Crippen LogP contribution in [0.3, 0.4) is 0 Å². The molecule has 3 aromatic rings. The first kappa shape index (κ1) is 15.9. The summed E-state index contributed by atoms with van der Waals surface area (Å²) in [6, 6.07) is 11.0. The molecule has 3 rings (SSSR count). The van der Waals surface area contributed by atoms with Gasteiger partial charge in [0.1, 0.15) is 11.3 Å². The third kappa shape index (κ3) is 3.07. The van der Waals surface area contributed by atoms with Gasteiger partial charge in [-0.25, -0.2) is 4.98 Å². The molecular weight excluding hydrogens is 376 g/mol. The number of aromatic nitrogens is 1. The van der Waals surface area contributed by atoms with Crippen LogP contribution in [0.2, 0.25) is 0 Å². The molecular formula is C17H10BrN2O4-. The van der Waals surface area contributed by atoms with E-state index in [4.69, 9.17) is 0 Å². The number of phenols is 1. The predicted octanol–water partition coefficient (Wildman–Crippen LogP) is 3.86. The van der Waals surface area contributed by atoms with E-state index in [0.717, 1.165) is 5.39 Å². The molecule has 0 fully saturated rings. The molecule has 0 saturated carbocycles. The van der Waals surface area contributed by atoms with E-state index in [1.54, 1.807) is 24.3 Å². The van der Waals surface area contributed by atoms with Crippen LogP contribution in [0, 0.1) is 10.1 Å². The molecule has 0 atom stereocenters. The maximum atomic E-state index is 12.1. The Morgan fingerprint density at radius 1 is 1.17 bits per heavy atom. The Morgan fingerprint density at radius 3 is 2.71 bits per heavy atom. The van der Waals surface area contributed by atoms with Crippen molar-refractivity contribution in [1.82, 2.24) is 4.98 Å². The number of pyridine rings is 1. The van der Waals surface area contributed by atoms with Crippen molar-refractivity contribution in [3.63, 3.8) is 0 Å². The van der Waals surface area contributed by atoms with Crippen LogP contribution in [0.15, 0.2) is 46.9 Å². The monoisotopic (exact) mass is 385 g/mol. The van der Waals surface area contributed by atoms with Gasteiger partial charge in [-0.15, -0.1) is 0 Å². The standard InChI is InChI=1S/C17H11BrN2O4/c18-14-9-13(20(23)24)8-11(17(14)22)5-7-12-6-4-10-2-1-3-15(21)16(10)19-12/h1-9,21-22H/p-1/b7-5+. The normalized spacial score (nSPS) is 11.2. The lowest BCUT2D eigenvalue weighted by Gasteiger charge is -2.12. The molecule has 0 amide bonds. The molecule has 0 radical (unpaired) electrons. The van der Waals surface area contributed by atoms with Gasteiger partial charge in [0, 0.05) is 22.0 Å². The second-order valence-electron chi connectivity index (χ2n) is 5.02. The molecule has 24 heavy (non-hydrogen) atoms. The van der Waals surface area contributed by atoms with Crippen molar-refractivity contribution in [2.75, 3.05) is 0 Å². The number of hydrogen-bond acceptors (Lipinski definition) is 5. The van der Waals surface area contributed by atoms with Crippen LogP contribution >= 0.6 is 15.9 Å². The number of aromatic hydroxyl groups is 1. The number of non-ortho nitro benzene ring substituents is 1. The molecule has 0 unspecified atom stereocenters. The fourth-order valence-electron chi connectivity index (χ4n) is 2.24. The van der Waals surface area contributed by atoms with Gasteiger partial charge in [0.25, 0.3) is 5.69 Å². The van der Waals surface area contributed by atoms with Gasteiger partial charge in [0.2, 0.25) is 0 Å². The van der Waals surface area contributed by atoms with E-state index in [1.165, 1.54) is 24.3 Å². The lowest BCUT2D eigenvalue weighted by molar-refractivity contribution is -0.385. The lowest BCUT2D eigenvalue weighted by atomic mass is 10.1. The average molecular weight is 386 g/mol. The van der Waals surface area contributed by atoms with Crippen molar-refractivity contribution in [2.24, 2.45) is 0 Å². The van der Waals surface area contributed by atoms with Gasteiger partial charge >= 0.3 is 0 Å². The highest BCUT2D eigenvalue weighted by atomic mass is 79.9. The lowest BCUT2D eigenvalue weighted by Crippen LogP contribution is -1.97. The number of fused-ring (bicyclic) bond motifs is 1. The highest BCUT2D eigenvalue weighted by Gasteiger charge is 2.09. The summed E-state index contributed by atoms with van der Waals surface area (Å²) in [6.45, 7) is 0. The maximum absolute atomic E-state index is 12.1. The van der Waals surface area contributed by atoms with E-state index >= 15 is 0 Å². The zero-order chi connectivity index (χ0) is 17.3. The van der Waals surface area contributed by atoms with Crippen LogP contribution in [-0.2, 0) is 0 Å². The van der Waals surface area contributed by atoms with E-state index in [-0.39, 0.29) is 27.2 Å². The molecule has 2 aromatic carbocycles. The maximum Gasteiger partial charge on any atom is 0.271 e. The molecule has 1 heterocycles. The highest BCUT2D eigenvalue weighted by Crippen LogP contribution is 2.32. The molecule has 120 valence electrons. The summed E-state index contributed by atoms with van der Waals surface area (Å²) in [5.74, 6) is -0.286. The molecule has 1 aromatic heterocycles. The molecule has 0 aliphatic heterocycles. The van der Waals surface area contributed by atoms with Crippen molar-refractivity contribution in [1.29, 1.82) is 0 Å². The number of rotatable bonds is 3. The minimum atomic E-state index is -0.562. The van der Waals surface area contributed by atoms with Gasteiger partial charge < -0.3 is 10.2 Å². The molecule has 0 aliphatic rings. The second kappa shape index (κ2) is 6.29. The zero-order valence-electron chi connectivity index (χ0n) is 12.1. The van der Waals surface area contributed by atoms with E-state index in [9.17, 15) is 20.3 Å². The number of para-hydroxylation sites is 1. The van der Waals surface area contributed by atoms with Gasteiger partial charge in [-0.2, -0.15) is 0 Å². The van der Waals surface area contributed by atoms with Crippen molar-refractivity contribution in [2.45, 2.75) is 0 Å². The topological polar surface area (TPSA) is 99.3 Å². The third-order valence-electron chi connectivity index (χ3n) is 3.42. The first-order valence-corrected chi connectivity index (χ1v) is 7.67. The number of halogens is 1. The molecule has 0 aliphatic carbocycles. The Labute approximate surface area is 145 Å². The van der Waals surface area contributed by atoms with E-state index < -0.39 is 4.92 Å². The van der Waals surface area contributed by atoms with Crippen LogP contribution in [0.5, 0.6) is 11.5 Å². The minimum absolute atomic E-state index is 0.0605. The van der Waals surface area contributed by atoms with Gasteiger partial charge in [-0.05, 0) is 23.8 Å². The van der Waals surface area contributed by atoms with Crippen molar-refractivity contribution in [3.05, 3.63) is 68.3 Å². The smallest absolute Gasteiger partial charge is 0.271 e. The second-order valence-corrected chi connectivity index (χ2v) is 5.88. The van der Waals surface area contributed by atoms with Crippen LogP contribution < -0.4 is 5.11 Å². The highest BCUT2D eigenvalue weighted by molar-refractivity contribution is 9.10. The van der Waals surface area contributed by atoms with E-state index in [2.05, 4.69) is 20.9 Å². The summed E-state index contributed by atoms with van der Waals surface area (Å²) < 4.78 is 0.125. The minimum Gasteiger partial charge on any atom is -0.871 e. The molecule has 7 heteroatoms. The SMILES string of the molecule is O=[N+]([O-])c1cc(Br)c([O-])c(/C=C/c2ccc3cccc(O)c3n2)c1. The Hall–Kier alpha value is -2.93. The Bertz CT molecular complexity index is 986.